The number of aliphatic hydroxyl groups is 1. The van der Waals surface area contributed by atoms with E-state index >= 15 is 0 Å². The van der Waals surface area contributed by atoms with E-state index in [-0.39, 0.29) is 53.5 Å². The molecule has 0 aliphatic carbocycles. The number of ether oxygens (including phenoxy) is 1. The Morgan fingerprint density at radius 1 is 1.23 bits per heavy atom. The number of carbonyl (C=O) groups is 3. The van der Waals surface area contributed by atoms with Gasteiger partial charge in [-0.15, -0.1) is 24.9 Å². The number of rotatable bonds is 13. The Bertz CT molecular complexity index is 988. The van der Waals surface area contributed by atoms with E-state index in [2.05, 4.69) is 54.7 Å². The SMILES string of the molecule is C=CCCCOC(=O)[C@@H]1[C@H]2C(=O)N([C@@H](CO)C(C)C)C(C(=O)N(CC=C)C(C)(C)CC(C)(C)C)C23S[C@@H]1CC3C. The standard InChI is InChI=1S/C32H52N2O5S/c1-11-13-14-16-39-29(38)24-23-17-21(5)32(40-23)25(24)27(36)34(22(18-35)20(3)4)26(32)28(37)33(15-12-2)31(9,10)19-30(6,7)8/h11-12,20-26,35H,1-2,13-19H2,3-10H3/t21?,22-,23+,24-,25-,26?,32?/m0/s1. The second-order valence-electron chi connectivity index (χ2n) is 14.2. The average Bonchev–Trinajstić information content (AvgIpc) is 3.42. The number of esters is 1. The summed E-state index contributed by atoms with van der Waals surface area (Å²) in [5, 5.41) is 10.5. The van der Waals surface area contributed by atoms with Crippen molar-refractivity contribution >= 4 is 29.5 Å². The van der Waals surface area contributed by atoms with E-state index in [1.807, 2.05) is 18.7 Å². The van der Waals surface area contributed by atoms with Crippen molar-refractivity contribution in [2.24, 2.45) is 29.1 Å². The van der Waals surface area contributed by atoms with E-state index < -0.39 is 34.2 Å². The maximum absolute atomic E-state index is 14.9. The Morgan fingerprint density at radius 3 is 2.40 bits per heavy atom. The van der Waals surface area contributed by atoms with Gasteiger partial charge in [0.05, 0.1) is 35.8 Å². The van der Waals surface area contributed by atoms with Crippen molar-refractivity contribution in [3.05, 3.63) is 25.3 Å². The minimum atomic E-state index is -0.785. The van der Waals surface area contributed by atoms with Crippen LogP contribution in [0, 0.1) is 29.1 Å². The van der Waals surface area contributed by atoms with E-state index in [9.17, 15) is 19.5 Å². The quantitative estimate of drug-likeness (QED) is 0.187. The molecule has 3 heterocycles. The lowest BCUT2D eigenvalue weighted by molar-refractivity contribution is -0.155. The smallest absolute Gasteiger partial charge is 0.310 e. The van der Waals surface area contributed by atoms with E-state index in [4.69, 9.17) is 4.74 Å². The highest BCUT2D eigenvalue weighted by Gasteiger charge is 2.77. The summed E-state index contributed by atoms with van der Waals surface area (Å²) < 4.78 is 4.94. The first kappa shape index (κ1) is 32.7. The predicted octanol–water partition coefficient (Wildman–Crippen LogP) is 5.08. The second-order valence-corrected chi connectivity index (χ2v) is 15.7. The summed E-state index contributed by atoms with van der Waals surface area (Å²) in [6.45, 7) is 24.7. The molecule has 0 saturated carbocycles. The molecule has 2 bridgehead atoms. The van der Waals surface area contributed by atoms with Crippen molar-refractivity contribution in [3.8, 4) is 0 Å². The molecule has 0 radical (unpaired) electrons. The highest BCUT2D eigenvalue weighted by atomic mass is 32.2. The minimum Gasteiger partial charge on any atom is -0.465 e. The van der Waals surface area contributed by atoms with Gasteiger partial charge in [-0.25, -0.2) is 0 Å². The third kappa shape index (κ3) is 5.77. The van der Waals surface area contributed by atoms with Crippen LogP contribution in [0.1, 0.15) is 81.1 Å². The zero-order chi connectivity index (χ0) is 30.2. The van der Waals surface area contributed by atoms with Crippen LogP contribution in [0.15, 0.2) is 25.3 Å². The van der Waals surface area contributed by atoms with Gasteiger partial charge in [-0.05, 0) is 56.8 Å². The Morgan fingerprint density at radius 2 is 1.88 bits per heavy atom. The van der Waals surface area contributed by atoms with Gasteiger partial charge in [0.2, 0.25) is 11.8 Å². The van der Waals surface area contributed by atoms with Crippen LogP contribution in [-0.2, 0) is 19.1 Å². The highest BCUT2D eigenvalue weighted by molar-refractivity contribution is 8.02. The maximum Gasteiger partial charge on any atom is 0.310 e. The van der Waals surface area contributed by atoms with Gasteiger partial charge in [-0.1, -0.05) is 53.7 Å². The molecule has 3 unspecified atom stereocenters. The molecule has 2 amide bonds. The summed E-state index contributed by atoms with van der Waals surface area (Å²) in [6, 6.07) is -1.32. The van der Waals surface area contributed by atoms with Gasteiger partial charge in [-0.2, -0.15) is 0 Å². The number of unbranched alkanes of at least 4 members (excludes halogenated alkanes) is 1. The van der Waals surface area contributed by atoms with Crippen LogP contribution in [0.3, 0.4) is 0 Å². The third-order valence-electron chi connectivity index (χ3n) is 9.07. The van der Waals surface area contributed by atoms with E-state index in [1.165, 1.54) is 0 Å². The average molecular weight is 577 g/mol. The fourth-order valence-electron chi connectivity index (χ4n) is 7.79. The normalized spacial score (nSPS) is 30.4. The molecule has 3 saturated heterocycles. The Kier molecular flexibility index (Phi) is 9.98. The number of nitrogens with zero attached hydrogens (tertiary/aromatic N) is 2. The van der Waals surface area contributed by atoms with E-state index in [0.29, 0.717) is 13.0 Å². The van der Waals surface area contributed by atoms with Crippen LogP contribution in [0.25, 0.3) is 0 Å². The highest BCUT2D eigenvalue weighted by Crippen LogP contribution is 2.69. The lowest BCUT2D eigenvalue weighted by Crippen LogP contribution is -2.63. The lowest BCUT2D eigenvalue weighted by atomic mass is 9.66. The number of carbonyl (C=O) groups excluding carboxylic acids is 3. The maximum atomic E-state index is 14.9. The molecule has 8 heteroatoms. The van der Waals surface area contributed by atoms with Crippen LogP contribution >= 0.6 is 11.8 Å². The number of hydrogen-bond acceptors (Lipinski definition) is 6. The van der Waals surface area contributed by atoms with E-state index in [0.717, 1.165) is 19.3 Å². The van der Waals surface area contributed by atoms with Crippen molar-refractivity contribution in [2.75, 3.05) is 19.8 Å². The summed E-state index contributed by atoms with van der Waals surface area (Å²) in [7, 11) is 0. The van der Waals surface area contributed by atoms with Crippen molar-refractivity contribution in [1.29, 1.82) is 0 Å². The first-order chi connectivity index (χ1) is 18.6. The van der Waals surface area contributed by atoms with Gasteiger partial charge >= 0.3 is 5.97 Å². The van der Waals surface area contributed by atoms with Crippen molar-refractivity contribution in [1.82, 2.24) is 9.80 Å². The zero-order valence-corrected chi connectivity index (χ0v) is 26.8. The number of fused-ring (bicyclic) bond motifs is 1. The molecule has 7 atom stereocenters. The number of amides is 2. The third-order valence-corrected chi connectivity index (χ3v) is 11.1. The monoisotopic (exact) mass is 576 g/mol. The Hall–Kier alpha value is -1.80. The first-order valence-corrected chi connectivity index (χ1v) is 15.8. The predicted molar refractivity (Wildman–Crippen MR) is 162 cm³/mol. The molecular weight excluding hydrogens is 524 g/mol. The largest absolute Gasteiger partial charge is 0.465 e. The fraction of sp³-hybridized carbons (Fsp3) is 0.781. The van der Waals surface area contributed by atoms with Crippen LogP contribution in [0.4, 0.5) is 0 Å². The summed E-state index contributed by atoms with van der Waals surface area (Å²) in [4.78, 5) is 46.5. The molecule has 3 aliphatic rings. The van der Waals surface area contributed by atoms with Gasteiger partial charge in [-0.3, -0.25) is 14.4 Å². The number of allylic oxidation sites excluding steroid dienone is 1. The van der Waals surface area contributed by atoms with Gasteiger partial charge in [0, 0.05) is 17.3 Å². The first-order valence-electron chi connectivity index (χ1n) is 14.9. The molecule has 40 heavy (non-hydrogen) atoms. The number of hydrogen-bond donors (Lipinski definition) is 1. The zero-order valence-electron chi connectivity index (χ0n) is 25.9. The molecule has 1 spiro atoms. The van der Waals surface area contributed by atoms with E-state index in [1.54, 1.807) is 28.8 Å². The molecule has 7 nitrogen and oxygen atoms in total. The summed E-state index contributed by atoms with van der Waals surface area (Å²) in [5.74, 6) is -1.95. The molecule has 3 rings (SSSR count). The minimum absolute atomic E-state index is 0.0327. The fourth-order valence-corrected chi connectivity index (χ4v) is 10.2. The van der Waals surface area contributed by atoms with Crippen molar-refractivity contribution < 1.29 is 24.2 Å². The van der Waals surface area contributed by atoms with Crippen LogP contribution < -0.4 is 0 Å². The van der Waals surface area contributed by atoms with Gasteiger partial charge in [0.1, 0.15) is 6.04 Å². The molecule has 3 aliphatic heterocycles. The Labute approximate surface area is 246 Å². The summed E-state index contributed by atoms with van der Waals surface area (Å²) in [5.41, 5.74) is -0.539. The topological polar surface area (TPSA) is 87.1 Å². The molecule has 0 aromatic heterocycles. The van der Waals surface area contributed by atoms with Crippen LogP contribution in [0.2, 0.25) is 0 Å². The van der Waals surface area contributed by atoms with Crippen molar-refractivity contribution in [2.45, 2.75) is 109 Å². The summed E-state index contributed by atoms with van der Waals surface area (Å²) >= 11 is 1.65. The van der Waals surface area contributed by atoms with Crippen molar-refractivity contribution in [3.63, 3.8) is 0 Å². The van der Waals surface area contributed by atoms with Gasteiger partial charge in [0.25, 0.3) is 0 Å². The molecular formula is C32H52N2O5S. The molecule has 226 valence electrons. The lowest BCUT2D eigenvalue weighted by Gasteiger charge is -2.48. The molecule has 3 fully saturated rings. The summed E-state index contributed by atoms with van der Waals surface area (Å²) in [6.07, 6.45) is 6.48. The molecule has 0 aromatic carbocycles. The Balaban J connectivity index is 2.12. The van der Waals surface area contributed by atoms with Crippen LogP contribution in [0.5, 0.6) is 0 Å². The number of aliphatic hydroxyl groups excluding tert-OH is 1. The van der Waals surface area contributed by atoms with Gasteiger partial charge in [0.15, 0.2) is 0 Å². The second kappa shape index (κ2) is 12.2. The molecule has 0 aromatic rings. The molecule has 1 N–H and O–H groups in total. The number of likely N-dealkylation sites (tertiary alicyclic amines) is 1. The number of thioether (sulfide) groups is 1. The van der Waals surface area contributed by atoms with Crippen LogP contribution in [-0.4, -0.2) is 80.1 Å². The van der Waals surface area contributed by atoms with Gasteiger partial charge < -0.3 is 19.6 Å².